The molecule has 0 saturated heterocycles. The van der Waals surface area contributed by atoms with E-state index >= 15 is 0 Å². The lowest BCUT2D eigenvalue weighted by atomic mass is 9.62. The molecule has 0 radical (unpaired) electrons. The van der Waals surface area contributed by atoms with E-state index in [1.807, 2.05) is 0 Å². The van der Waals surface area contributed by atoms with Gasteiger partial charge in [-0.15, -0.1) is 0 Å². The predicted octanol–water partition coefficient (Wildman–Crippen LogP) is 13.1. The van der Waals surface area contributed by atoms with Crippen LogP contribution in [0.4, 0.5) is 0 Å². The lowest BCUT2D eigenvalue weighted by Gasteiger charge is -2.43. The maximum absolute atomic E-state index is 2.65. The van der Waals surface area contributed by atoms with Crippen molar-refractivity contribution in [1.29, 1.82) is 0 Å². The average molecular weight is 563 g/mol. The summed E-state index contributed by atoms with van der Waals surface area (Å²) in [6.07, 6.45) is 9.92. The third kappa shape index (κ3) is 8.86. The molecule has 1 unspecified atom stereocenters. The fraction of sp³-hybridized carbons (Fsp3) is 0.756. The molecule has 0 N–H and O–H groups in total. The van der Waals surface area contributed by atoms with Crippen LogP contribution in [0.2, 0.25) is 0 Å². The van der Waals surface area contributed by atoms with Crippen molar-refractivity contribution in [3.8, 4) is 0 Å². The first-order valence-corrected chi connectivity index (χ1v) is 16.8. The van der Waals surface area contributed by atoms with E-state index in [4.69, 9.17) is 0 Å². The van der Waals surface area contributed by atoms with Crippen LogP contribution in [0.15, 0.2) is 34.9 Å². The van der Waals surface area contributed by atoms with E-state index in [2.05, 4.69) is 143 Å². The second kappa shape index (κ2) is 12.0. The van der Waals surface area contributed by atoms with Gasteiger partial charge in [0.15, 0.2) is 0 Å². The monoisotopic (exact) mass is 563 g/mol. The van der Waals surface area contributed by atoms with Crippen molar-refractivity contribution in [3.63, 3.8) is 0 Å². The van der Waals surface area contributed by atoms with Crippen molar-refractivity contribution in [2.45, 2.75) is 179 Å². The summed E-state index contributed by atoms with van der Waals surface area (Å²) in [6.45, 7) is 43.4. The van der Waals surface area contributed by atoms with E-state index < -0.39 is 0 Å². The minimum Gasteiger partial charge on any atom is -0.0660 e. The van der Waals surface area contributed by atoms with Crippen LogP contribution in [0, 0.1) is 22.2 Å². The summed E-state index contributed by atoms with van der Waals surface area (Å²) >= 11 is 0. The quantitative estimate of drug-likeness (QED) is 0.290. The van der Waals surface area contributed by atoms with Crippen LogP contribution in [-0.2, 0) is 22.7 Å². The summed E-state index contributed by atoms with van der Waals surface area (Å²) in [6, 6.07) is 5.22. The zero-order chi connectivity index (χ0) is 32.0. The molecule has 0 spiro atoms. The molecule has 0 nitrogen and oxygen atoms in total. The van der Waals surface area contributed by atoms with Gasteiger partial charge in [-0.3, -0.25) is 0 Å². The van der Waals surface area contributed by atoms with Gasteiger partial charge >= 0.3 is 0 Å². The first kappa shape index (κ1) is 35.9. The largest absolute Gasteiger partial charge is 0.0660 e. The van der Waals surface area contributed by atoms with Crippen molar-refractivity contribution in [2.24, 2.45) is 22.2 Å². The van der Waals surface area contributed by atoms with Crippen LogP contribution in [0.5, 0.6) is 0 Å². The molecule has 1 aromatic carbocycles. The molecule has 1 aliphatic carbocycles. The van der Waals surface area contributed by atoms with E-state index in [-0.39, 0.29) is 32.5 Å². The van der Waals surface area contributed by atoms with Crippen LogP contribution in [0.3, 0.4) is 0 Å². The number of allylic oxidation sites excluding steroid dienone is 4. The fourth-order valence-corrected chi connectivity index (χ4v) is 6.87. The Morgan fingerprint density at radius 3 is 1.51 bits per heavy atom. The maximum Gasteiger partial charge on any atom is -0.0103 e. The molecule has 41 heavy (non-hydrogen) atoms. The zero-order valence-corrected chi connectivity index (χ0v) is 31.1. The predicted molar refractivity (Wildman–Crippen MR) is 186 cm³/mol. The van der Waals surface area contributed by atoms with Gasteiger partial charge in [-0.25, -0.2) is 0 Å². The van der Waals surface area contributed by atoms with Crippen LogP contribution in [0.1, 0.15) is 179 Å². The van der Waals surface area contributed by atoms with Gasteiger partial charge in [0.05, 0.1) is 0 Å². The Morgan fingerprint density at radius 2 is 1.10 bits per heavy atom. The lowest BCUT2D eigenvalue weighted by Crippen LogP contribution is -2.31. The molecule has 0 aliphatic heterocycles. The molecule has 1 aromatic rings. The van der Waals surface area contributed by atoms with Crippen LogP contribution in [0.25, 0.3) is 0 Å². The second-order valence-corrected chi connectivity index (χ2v) is 19.2. The third-order valence-electron chi connectivity index (χ3n) is 9.90. The minimum absolute atomic E-state index is 0.139. The Hall–Kier alpha value is -1.30. The van der Waals surface area contributed by atoms with Crippen molar-refractivity contribution in [2.75, 3.05) is 0 Å². The number of rotatable bonds is 7. The molecule has 0 fully saturated rings. The van der Waals surface area contributed by atoms with Gasteiger partial charge in [0.25, 0.3) is 0 Å². The number of aryl methyl sites for hydroxylation is 1. The summed E-state index contributed by atoms with van der Waals surface area (Å²) in [5.74, 6) is 0.621. The van der Waals surface area contributed by atoms with Gasteiger partial charge in [-0.2, -0.15) is 0 Å². The Labute approximate surface area is 258 Å². The van der Waals surface area contributed by atoms with Crippen LogP contribution in [-0.4, -0.2) is 0 Å². The van der Waals surface area contributed by atoms with E-state index in [9.17, 15) is 0 Å². The highest BCUT2D eigenvalue weighted by Crippen LogP contribution is 2.50. The van der Waals surface area contributed by atoms with E-state index in [1.165, 1.54) is 32.1 Å². The smallest absolute Gasteiger partial charge is 0.0103 e. The van der Waals surface area contributed by atoms with Gasteiger partial charge in [0.1, 0.15) is 0 Å². The fourth-order valence-electron chi connectivity index (χ4n) is 6.87. The van der Waals surface area contributed by atoms with Crippen molar-refractivity contribution in [1.82, 2.24) is 0 Å². The van der Waals surface area contributed by atoms with E-state index in [1.54, 1.807) is 39.0 Å². The van der Waals surface area contributed by atoms with Crippen molar-refractivity contribution in [3.05, 3.63) is 57.2 Å². The summed E-state index contributed by atoms with van der Waals surface area (Å²) < 4.78 is 0. The summed E-state index contributed by atoms with van der Waals surface area (Å²) in [5, 5.41) is 0. The first-order valence-electron chi connectivity index (χ1n) is 16.8. The molecule has 0 aromatic heterocycles. The Kier molecular flexibility index (Phi) is 10.5. The Bertz CT molecular complexity index is 1110. The Balaban J connectivity index is 2.46. The van der Waals surface area contributed by atoms with E-state index in [0.29, 0.717) is 5.92 Å². The highest BCUT2D eigenvalue weighted by atomic mass is 14.4. The highest BCUT2D eigenvalue weighted by Gasteiger charge is 2.38. The van der Waals surface area contributed by atoms with Crippen LogP contribution >= 0.6 is 0 Å². The van der Waals surface area contributed by atoms with Gasteiger partial charge in [-0.05, 0) is 105 Å². The average Bonchev–Trinajstić information content (AvgIpc) is 2.77. The number of benzene rings is 1. The molecule has 0 amide bonds. The van der Waals surface area contributed by atoms with Gasteiger partial charge < -0.3 is 0 Å². The van der Waals surface area contributed by atoms with Gasteiger partial charge in [0.2, 0.25) is 0 Å². The first-order chi connectivity index (χ1) is 18.2. The SMILES string of the molecule is CCC(C)(C)c1cc(C(C)(C)C)c(CCCCC2=CC(C(C)(C)C)=C(C(C)(C)C)CC2C(C)(C)C)cc1C(C)(C)C. The van der Waals surface area contributed by atoms with Gasteiger partial charge in [0, 0.05) is 0 Å². The lowest BCUT2D eigenvalue weighted by molar-refractivity contribution is 0.250. The van der Waals surface area contributed by atoms with Crippen LogP contribution < -0.4 is 0 Å². The molecule has 2 rings (SSSR count). The molecule has 234 valence electrons. The zero-order valence-electron chi connectivity index (χ0n) is 31.1. The number of unbranched alkanes of at least 4 members (excludes halogenated alkanes) is 1. The van der Waals surface area contributed by atoms with Crippen molar-refractivity contribution >= 4 is 0 Å². The minimum atomic E-state index is 0.139. The van der Waals surface area contributed by atoms with E-state index in [0.717, 1.165) is 6.42 Å². The highest BCUT2D eigenvalue weighted by molar-refractivity contribution is 5.48. The molecule has 0 heteroatoms. The normalized spacial score (nSPS) is 18.2. The summed E-state index contributed by atoms with van der Waals surface area (Å²) in [4.78, 5) is 0. The topological polar surface area (TPSA) is 0 Å². The van der Waals surface area contributed by atoms with Crippen molar-refractivity contribution < 1.29 is 0 Å². The molecule has 0 heterocycles. The number of hydrogen-bond acceptors (Lipinski definition) is 0. The molecular weight excluding hydrogens is 492 g/mol. The second-order valence-electron chi connectivity index (χ2n) is 19.2. The molecule has 1 aliphatic rings. The Morgan fingerprint density at radius 1 is 0.585 bits per heavy atom. The van der Waals surface area contributed by atoms with Gasteiger partial charge in [-0.1, -0.05) is 154 Å². The maximum atomic E-state index is 2.65. The number of hydrogen-bond donors (Lipinski definition) is 0. The standard InChI is InChI=1S/C41H70/c1-19-41(17,18)35-27-31(37(5,6)7)29(25-33(35)39(11,12)13)23-21-20-22-28-24-32(38(8,9)10)34(40(14,15)16)26-30(28)36(2,3)4/h24-25,27,30H,19-23,26H2,1-18H3. The summed E-state index contributed by atoms with van der Waals surface area (Å²) in [7, 11) is 0. The third-order valence-corrected chi connectivity index (χ3v) is 9.90. The molecule has 0 bridgehead atoms. The molecule has 0 saturated carbocycles. The molecule has 1 atom stereocenters. The molecular formula is C41H70. The summed E-state index contributed by atoms with van der Waals surface area (Å²) in [5.41, 5.74) is 12.3.